The van der Waals surface area contributed by atoms with Crippen LogP contribution in [-0.4, -0.2) is 36.2 Å². The lowest BCUT2D eigenvalue weighted by atomic mass is 10.2. The van der Waals surface area contributed by atoms with E-state index in [0.29, 0.717) is 0 Å². The highest BCUT2D eigenvalue weighted by molar-refractivity contribution is 7.89. The largest absolute Gasteiger partial charge is 0.352 e. The molecule has 1 N–H and O–H groups in total. The molecule has 4 rings (SSSR count). The molecule has 1 saturated carbocycles. The van der Waals surface area contributed by atoms with Crippen molar-refractivity contribution in [2.45, 2.75) is 50.1 Å². The van der Waals surface area contributed by atoms with E-state index in [-0.39, 0.29) is 29.9 Å². The molecule has 0 radical (unpaired) electrons. The Morgan fingerprint density at radius 2 is 1.90 bits per heavy atom. The standard InChI is InChI=1S/C22H25N3O3S2/c1-16-23-20-12-11-19(13-21(20)29-16)30(27,28)25(14-17-7-3-2-4-8-17)15-22(26)24-18-9-5-6-10-18/h2-4,7-8,11-13,18H,5-6,9-10,14-15H2,1H3,(H,24,26). The van der Waals surface area contributed by atoms with Gasteiger partial charge in [0, 0.05) is 12.6 Å². The molecule has 2 aromatic carbocycles. The van der Waals surface area contributed by atoms with Gasteiger partial charge in [-0.3, -0.25) is 4.79 Å². The summed E-state index contributed by atoms with van der Waals surface area (Å²) in [5.41, 5.74) is 1.62. The fraction of sp³-hybridized carbons (Fsp3) is 0.364. The van der Waals surface area contributed by atoms with E-state index in [1.54, 1.807) is 18.2 Å². The van der Waals surface area contributed by atoms with Gasteiger partial charge in [-0.2, -0.15) is 4.31 Å². The fourth-order valence-electron chi connectivity index (χ4n) is 3.85. The summed E-state index contributed by atoms with van der Waals surface area (Å²) in [4.78, 5) is 17.3. The summed E-state index contributed by atoms with van der Waals surface area (Å²) >= 11 is 1.46. The smallest absolute Gasteiger partial charge is 0.243 e. The Morgan fingerprint density at radius 1 is 1.17 bits per heavy atom. The lowest BCUT2D eigenvalue weighted by molar-refractivity contribution is -0.122. The number of nitrogens with one attached hydrogen (secondary N) is 1. The molecular weight excluding hydrogens is 418 g/mol. The number of carbonyl (C=O) groups is 1. The Balaban J connectivity index is 1.62. The summed E-state index contributed by atoms with van der Waals surface area (Å²) in [6, 6.07) is 14.5. The highest BCUT2D eigenvalue weighted by atomic mass is 32.2. The van der Waals surface area contributed by atoms with Gasteiger partial charge in [0.05, 0.1) is 26.7 Å². The monoisotopic (exact) mass is 443 g/mol. The van der Waals surface area contributed by atoms with Gasteiger partial charge in [-0.1, -0.05) is 43.2 Å². The molecule has 0 bridgehead atoms. The molecule has 0 atom stereocenters. The molecule has 6 nitrogen and oxygen atoms in total. The lowest BCUT2D eigenvalue weighted by Gasteiger charge is -2.23. The van der Waals surface area contributed by atoms with Crippen molar-refractivity contribution in [2.75, 3.05) is 6.54 Å². The first-order chi connectivity index (χ1) is 14.4. The highest BCUT2D eigenvalue weighted by Gasteiger charge is 2.28. The average Bonchev–Trinajstić information content (AvgIpc) is 3.35. The molecule has 0 aliphatic heterocycles. The van der Waals surface area contributed by atoms with Crippen molar-refractivity contribution < 1.29 is 13.2 Å². The zero-order valence-electron chi connectivity index (χ0n) is 16.9. The maximum absolute atomic E-state index is 13.5. The van der Waals surface area contributed by atoms with Crippen molar-refractivity contribution in [1.29, 1.82) is 0 Å². The van der Waals surface area contributed by atoms with Crippen molar-refractivity contribution in [3.63, 3.8) is 0 Å². The van der Waals surface area contributed by atoms with Crippen LogP contribution in [0.4, 0.5) is 0 Å². The second kappa shape index (κ2) is 8.83. The van der Waals surface area contributed by atoms with Gasteiger partial charge < -0.3 is 5.32 Å². The molecule has 8 heteroatoms. The summed E-state index contributed by atoms with van der Waals surface area (Å²) in [5, 5.41) is 3.88. The van der Waals surface area contributed by atoms with Gasteiger partial charge in [-0.05, 0) is 43.5 Å². The van der Waals surface area contributed by atoms with E-state index in [4.69, 9.17) is 0 Å². The number of fused-ring (bicyclic) bond motifs is 1. The molecule has 1 aromatic heterocycles. The van der Waals surface area contributed by atoms with Gasteiger partial charge >= 0.3 is 0 Å². The molecule has 0 spiro atoms. The van der Waals surface area contributed by atoms with E-state index in [1.807, 2.05) is 37.3 Å². The minimum atomic E-state index is -3.86. The number of sulfonamides is 1. The summed E-state index contributed by atoms with van der Waals surface area (Å²) < 4.78 is 29.1. The third-order valence-corrected chi connectivity index (χ3v) is 8.07. The quantitative estimate of drug-likeness (QED) is 0.601. The number of thiazole rings is 1. The number of aryl methyl sites for hydroxylation is 1. The van der Waals surface area contributed by atoms with Gasteiger partial charge in [0.15, 0.2) is 0 Å². The first-order valence-corrected chi connectivity index (χ1v) is 12.4. The zero-order chi connectivity index (χ0) is 21.1. The van der Waals surface area contributed by atoms with Crippen LogP contribution < -0.4 is 5.32 Å². The van der Waals surface area contributed by atoms with Crippen LogP contribution in [0.5, 0.6) is 0 Å². The molecule has 1 amide bonds. The van der Waals surface area contributed by atoms with Gasteiger partial charge in [-0.25, -0.2) is 13.4 Å². The van der Waals surface area contributed by atoms with E-state index >= 15 is 0 Å². The maximum Gasteiger partial charge on any atom is 0.243 e. The molecule has 1 heterocycles. The first-order valence-electron chi connectivity index (χ1n) is 10.1. The van der Waals surface area contributed by atoms with Crippen LogP contribution in [0.25, 0.3) is 10.2 Å². The number of hydrogen-bond donors (Lipinski definition) is 1. The van der Waals surface area contributed by atoms with E-state index in [1.165, 1.54) is 15.6 Å². The molecule has 158 valence electrons. The second-order valence-electron chi connectivity index (χ2n) is 7.67. The number of carbonyl (C=O) groups excluding carboxylic acids is 1. The lowest BCUT2D eigenvalue weighted by Crippen LogP contribution is -2.43. The summed E-state index contributed by atoms with van der Waals surface area (Å²) in [6.45, 7) is 1.84. The number of benzene rings is 2. The van der Waals surface area contributed by atoms with E-state index < -0.39 is 10.0 Å². The predicted molar refractivity (Wildman–Crippen MR) is 119 cm³/mol. The number of rotatable bonds is 7. The average molecular weight is 444 g/mol. The van der Waals surface area contributed by atoms with Crippen LogP contribution in [0.3, 0.4) is 0 Å². The summed E-state index contributed by atoms with van der Waals surface area (Å²) in [5.74, 6) is -0.254. The number of amides is 1. The Morgan fingerprint density at radius 3 is 2.63 bits per heavy atom. The molecule has 30 heavy (non-hydrogen) atoms. The maximum atomic E-state index is 13.5. The Kier molecular flexibility index (Phi) is 6.17. The highest BCUT2D eigenvalue weighted by Crippen LogP contribution is 2.27. The van der Waals surface area contributed by atoms with Gasteiger partial charge in [-0.15, -0.1) is 11.3 Å². The van der Waals surface area contributed by atoms with Crippen molar-refractivity contribution in [2.24, 2.45) is 0 Å². The minimum absolute atomic E-state index is 0.140. The molecule has 3 aromatic rings. The Labute approximate surface area is 181 Å². The third kappa shape index (κ3) is 4.71. The van der Waals surface area contributed by atoms with Crippen LogP contribution in [0, 0.1) is 6.92 Å². The van der Waals surface area contributed by atoms with Crippen molar-refractivity contribution in [3.8, 4) is 0 Å². The zero-order valence-corrected chi connectivity index (χ0v) is 18.5. The SMILES string of the molecule is Cc1nc2ccc(S(=O)(=O)N(CC(=O)NC3CCCC3)Cc3ccccc3)cc2s1. The topological polar surface area (TPSA) is 79.4 Å². The van der Waals surface area contributed by atoms with E-state index in [0.717, 1.165) is 46.5 Å². The van der Waals surface area contributed by atoms with Crippen LogP contribution in [0.1, 0.15) is 36.3 Å². The van der Waals surface area contributed by atoms with Crippen LogP contribution in [0.2, 0.25) is 0 Å². The van der Waals surface area contributed by atoms with Crippen LogP contribution in [0.15, 0.2) is 53.4 Å². The van der Waals surface area contributed by atoms with Crippen molar-refractivity contribution in [1.82, 2.24) is 14.6 Å². The minimum Gasteiger partial charge on any atom is -0.352 e. The van der Waals surface area contributed by atoms with Crippen molar-refractivity contribution in [3.05, 3.63) is 59.1 Å². The normalized spacial score (nSPS) is 15.1. The molecule has 1 aliphatic rings. The number of nitrogens with zero attached hydrogens (tertiary/aromatic N) is 2. The second-order valence-corrected chi connectivity index (χ2v) is 10.8. The number of aromatic nitrogens is 1. The molecule has 0 unspecified atom stereocenters. The first kappa shape index (κ1) is 21.0. The predicted octanol–water partition coefficient (Wildman–Crippen LogP) is 3.85. The summed E-state index contributed by atoms with van der Waals surface area (Å²) in [7, 11) is -3.86. The fourth-order valence-corrected chi connectivity index (χ4v) is 6.20. The third-order valence-electron chi connectivity index (χ3n) is 5.35. The molecule has 1 fully saturated rings. The number of hydrogen-bond acceptors (Lipinski definition) is 5. The molecule has 0 saturated heterocycles. The molecule has 1 aliphatic carbocycles. The van der Waals surface area contributed by atoms with Crippen LogP contribution >= 0.6 is 11.3 Å². The van der Waals surface area contributed by atoms with Gasteiger partial charge in [0.25, 0.3) is 0 Å². The van der Waals surface area contributed by atoms with E-state index in [9.17, 15) is 13.2 Å². The van der Waals surface area contributed by atoms with Gasteiger partial charge in [0.1, 0.15) is 0 Å². The summed E-state index contributed by atoms with van der Waals surface area (Å²) in [6.07, 6.45) is 4.12. The molecular formula is C22H25N3O3S2. The Bertz CT molecular complexity index is 1140. The van der Waals surface area contributed by atoms with Crippen LogP contribution in [-0.2, 0) is 21.4 Å². The van der Waals surface area contributed by atoms with E-state index in [2.05, 4.69) is 10.3 Å². The van der Waals surface area contributed by atoms with Crippen molar-refractivity contribution >= 4 is 37.5 Å². The Hall–Kier alpha value is -2.29. The van der Waals surface area contributed by atoms with Gasteiger partial charge in [0.2, 0.25) is 15.9 Å².